The fourth-order valence-corrected chi connectivity index (χ4v) is 5.03. The van der Waals surface area contributed by atoms with Crippen molar-refractivity contribution in [3.8, 4) is 0 Å². The molecule has 0 saturated carbocycles. The van der Waals surface area contributed by atoms with Gasteiger partial charge in [0.1, 0.15) is 18.2 Å². The number of hydrogen-bond acceptors (Lipinski definition) is 3. The Morgan fingerprint density at radius 2 is 1.53 bits per heavy atom. The van der Waals surface area contributed by atoms with Crippen LogP contribution in [-0.4, -0.2) is 66.7 Å². The van der Waals surface area contributed by atoms with Crippen LogP contribution in [-0.2, 0) is 9.53 Å². The van der Waals surface area contributed by atoms with Crippen molar-refractivity contribution in [2.45, 2.75) is 24.5 Å². The second-order valence-corrected chi connectivity index (χ2v) is 8.79. The number of piperidine rings is 1. The minimum atomic E-state index is -0.306. The SMILES string of the molecule is O=C1COC2CCN(C(=O)N3CC(C(c4ccc(F)cc4)c4ccc(F)cc4)C3)CC2N1. The van der Waals surface area contributed by atoms with Gasteiger partial charge >= 0.3 is 6.03 Å². The van der Waals surface area contributed by atoms with E-state index in [1.165, 1.54) is 24.3 Å². The number of rotatable bonds is 3. The Bertz CT molecular complexity index is 947. The topological polar surface area (TPSA) is 61.9 Å². The van der Waals surface area contributed by atoms with Crippen LogP contribution in [0.4, 0.5) is 13.6 Å². The Hall–Kier alpha value is -3.00. The molecule has 3 aliphatic heterocycles. The predicted octanol–water partition coefficient (Wildman–Crippen LogP) is 2.74. The van der Waals surface area contributed by atoms with Crippen molar-refractivity contribution >= 4 is 11.9 Å². The van der Waals surface area contributed by atoms with Gasteiger partial charge in [-0.25, -0.2) is 13.6 Å². The Labute approximate surface area is 185 Å². The zero-order valence-electron chi connectivity index (χ0n) is 17.5. The molecular weight excluding hydrogens is 416 g/mol. The van der Waals surface area contributed by atoms with Gasteiger partial charge < -0.3 is 19.9 Å². The van der Waals surface area contributed by atoms with E-state index in [4.69, 9.17) is 4.74 Å². The molecule has 3 fully saturated rings. The number of hydrogen-bond donors (Lipinski definition) is 1. The van der Waals surface area contributed by atoms with Crippen LogP contribution in [0.3, 0.4) is 0 Å². The molecule has 2 unspecified atom stereocenters. The average molecular weight is 441 g/mol. The average Bonchev–Trinajstić information content (AvgIpc) is 2.76. The van der Waals surface area contributed by atoms with E-state index < -0.39 is 0 Å². The number of halogens is 2. The van der Waals surface area contributed by atoms with E-state index in [2.05, 4.69) is 5.32 Å². The molecule has 2 aromatic carbocycles. The van der Waals surface area contributed by atoms with Crippen LogP contribution in [0.15, 0.2) is 48.5 Å². The van der Waals surface area contributed by atoms with Crippen molar-refractivity contribution in [2.75, 3.05) is 32.8 Å². The van der Waals surface area contributed by atoms with Crippen molar-refractivity contribution < 1.29 is 23.1 Å². The summed E-state index contributed by atoms with van der Waals surface area (Å²) < 4.78 is 32.5. The monoisotopic (exact) mass is 441 g/mol. The Morgan fingerprint density at radius 3 is 2.12 bits per heavy atom. The maximum absolute atomic E-state index is 13.5. The maximum Gasteiger partial charge on any atom is 0.320 e. The van der Waals surface area contributed by atoms with Gasteiger partial charge in [-0.15, -0.1) is 0 Å². The molecule has 3 aliphatic rings. The minimum Gasteiger partial charge on any atom is -0.366 e. The fraction of sp³-hybridized carbons (Fsp3) is 0.417. The van der Waals surface area contributed by atoms with Gasteiger partial charge in [-0.1, -0.05) is 24.3 Å². The first-order valence-electron chi connectivity index (χ1n) is 10.9. The fourth-order valence-electron chi connectivity index (χ4n) is 5.03. The number of urea groups is 1. The van der Waals surface area contributed by atoms with Crippen LogP contribution < -0.4 is 5.32 Å². The molecule has 6 nitrogen and oxygen atoms in total. The molecule has 0 aromatic heterocycles. The zero-order valence-corrected chi connectivity index (χ0v) is 17.5. The second-order valence-electron chi connectivity index (χ2n) is 8.79. The molecule has 0 aliphatic carbocycles. The molecule has 2 aromatic rings. The lowest BCUT2D eigenvalue weighted by Crippen LogP contribution is -2.64. The largest absolute Gasteiger partial charge is 0.366 e. The number of nitrogens with one attached hydrogen (secondary N) is 1. The molecule has 32 heavy (non-hydrogen) atoms. The third-order valence-electron chi connectivity index (χ3n) is 6.70. The summed E-state index contributed by atoms with van der Waals surface area (Å²) in [5.74, 6) is -0.674. The van der Waals surface area contributed by atoms with Crippen LogP contribution in [0.2, 0.25) is 0 Å². The first-order valence-corrected chi connectivity index (χ1v) is 10.9. The maximum atomic E-state index is 13.5. The zero-order chi connectivity index (χ0) is 22.2. The van der Waals surface area contributed by atoms with E-state index in [1.807, 2.05) is 0 Å². The summed E-state index contributed by atoms with van der Waals surface area (Å²) in [6.45, 7) is 2.24. The van der Waals surface area contributed by atoms with Gasteiger partial charge in [-0.3, -0.25) is 4.79 Å². The van der Waals surface area contributed by atoms with E-state index in [9.17, 15) is 18.4 Å². The number of benzene rings is 2. The van der Waals surface area contributed by atoms with Crippen LogP contribution in [0.1, 0.15) is 23.5 Å². The summed E-state index contributed by atoms with van der Waals surface area (Å²) >= 11 is 0. The highest BCUT2D eigenvalue weighted by atomic mass is 19.1. The van der Waals surface area contributed by atoms with Gasteiger partial charge in [-0.2, -0.15) is 0 Å². The van der Waals surface area contributed by atoms with E-state index in [-0.39, 0.29) is 54.2 Å². The Balaban J connectivity index is 1.27. The number of morpholine rings is 1. The molecule has 5 rings (SSSR count). The molecule has 3 amide bonds. The number of likely N-dealkylation sites (tertiary alicyclic amines) is 2. The van der Waals surface area contributed by atoms with E-state index in [0.717, 1.165) is 11.1 Å². The molecule has 0 bridgehead atoms. The normalized spacial score (nSPS) is 23.5. The lowest BCUT2D eigenvalue weighted by molar-refractivity contribution is -0.139. The van der Waals surface area contributed by atoms with Gasteiger partial charge in [0, 0.05) is 38.0 Å². The quantitative estimate of drug-likeness (QED) is 0.797. The van der Waals surface area contributed by atoms with Crippen molar-refractivity contribution in [2.24, 2.45) is 5.92 Å². The predicted molar refractivity (Wildman–Crippen MR) is 113 cm³/mol. The van der Waals surface area contributed by atoms with Gasteiger partial charge in [0.25, 0.3) is 0 Å². The Morgan fingerprint density at radius 1 is 0.938 bits per heavy atom. The first kappa shape index (κ1) is 20.9. The standard InChI is InChI=1S/C24H25F2N3O3/c25-18-5-1-15(2-6-18)23(16-3-7-19(26)8-4-16)17-11-29(12-17)24(31)28-10-9-21-20(13-28)27-22(30)14-32-21/h1-8,17,20-21,23H,9-14H2,(H,27,30). The van der Waals surface area contributed by atoms with Crippen LogP contribution >= 0.6 is 0 Å². The molecule has 8 heteroatoms. The summed E-state index contributed by atoms with van der Waals surface area (Å²) in [6.07, 6.45) is 0.657. The number of carbonyl (C=O) groups is 2. The molecule has 3 saturated heterocycles. The summed E-state index contributed by atoms with van der Waals surface area (Å²) in [6, 6.07) is 12.5. The minimum absolute atomic E-state index is 0.0396. The van der Waals surface area contributed by atoms with Crippen molar-refractivity contribution in [3.63, 3.8) is 0 Å². The highest BCUT2D eigenvalue weighted by molar-refractivity contribution is 5.79. The third-order valence-corrected chi connectivity index (χ3v) is 6.70. The number of amides is 3. The smallest absolute Gasteiger partial charge is 0.320 e. The summed E-state index contributed by atoms with van der Waals surface area (Å²) in [7, 11) is 0. The molecule has 1 N–H and O–H groups in total. The summed E-state index contributed by atoms with van der Waals surface area (Å²) in [5.41, 5.74) is 1.89. The Kier molecular flexibility index (Phi) is 5.55. The molecule has 2 atom stereocenters. The third kappa shape index (κ3) is 4.07. The number of ether oxygens (including phenoxy) is 1. The van der Waals surface area contributed by atoms with Crippen LogP contribution in [0.25, 0.3) is 0 Å². The highest BCUT2D eigenvalue weighted by Crippen LogP contribution is 2.38. The van der Waals surface area contributed by atoms with Gasteiger partial charge in [0.05, 0.1) is 12.1 Å². The van der Waals surface area contributed by atoms with E-state index in [0.29, 0.717) is 32.6 Å². The van der Waals surface area contributed by atoms with Crippen LogP contribution in [0.5, 0.6) is 0 Å². The second kappa shape index (κ2) is 8.50. The van der Waals surface area contributed by atoms with Gasteiger partial charge in [0.15, 0.2) is 0 Å². The van der Waals surface area contributed by atoms with Crippen molar-refractivity contribution in [3.05, 3.63) is 71.3 Å². The van der Waals surface area contributed by atoms with Gasteiger partial charge in [0.2, 0.25) is 5.91 Å². The first-order chi connectivity index (χ1) is 15.5. The molecular formula is C24H25F2N3O3. The lowest BCUT2D eigenvalue weighted by Gasteiger charge is -2.48. The highest BCUT2D eigenvalue weighted by Gasteiger charge is 2.42. The summed E-state index contributed by atoms with van der Waals surface area (Å²) in [5, 5.41) is 2.92. The molecule has 168 valence electrons. The molecule has 0 spiro atoms. The number of fused-ring (bicyclic) bond motifs is 1. The molecule has 3 heterocycles. The van der Waals surface area contributed by atoms with Crippen molar-refractivity contribution in [1.29, 1.82) is 0 Å². The summed E-state index contributed by atoms with van der Waals surface area (Å²) in [4.78, 5) is 28.3. The molecule has 0 radical (unpaired) electrons. The van der Waals surface area contributed by atoms with E-state index >= 15 is 0 Å². The number of nitrogens with zero attached hydrogens (tertiary/aromatic N) is 2. The lowest BCUT2D eigenvalue weighted by atomic mass is 9.77. The van der Waals surface area contributed by atoms with E-state index in [1.54, 1.807) is 34.1 Å². The van der Waals surface area contributed by atoms with Gasteiger partial charge in [-0.05, 0) is 41.8 Å². The number of carbonyl (C=O) groups excluding carboxylic acids is 2. The van der Waals surface area contributed by atoms with Crippen molar-refractivity contribution in [1.82, 2.24) is 15.1 Å². The van der Waals surface area contributed by atoms with Crippen LogP contribution in [0, 0.1) is 17.6 Å².